The topological polar surface area (TPSA) is 129 Å². The Bertz CT molecular complexity index is 1680. The van der Waals surface area contributed by atoms with Crippen molar-refractivity contribution in [1.29, 1.82) is 0 Å². The van der Waals surface area contributed by atoms with Crippen LogP contribution in [0.25, 0.3) is 10.2 Å². The zero-order valence-electron chi connectivity index (χ0n) is 24.6. The van der Waals surface area contributed by atoms with E-state index in [4.69, 9.17) is 4.74 Å². The number of aliphatic hydroxyl groups excluding tert-OH is 1. The molecule has 10 nitrogen and oxygen atoms in total. The molecule has 5 rings (SSSR count). The van der Waals surface area contributed by atoms with E-state index >= 15 is 0 Å². The maximum atomic E-state index is 14.0. The average Bonchev–Trinajstić information content (AvgIpc) is 3.67. The Kier molecular flexibility index (Phi) is 9.94. The Morgan fingerprint density at radius 1 is 1.11 bits per heavy atom. The normalized spacial score (nSPS) is 17.4. The number of nitrogens with one attached hydrogen (secondary N) is 1. The lowest BCUT2D eigenvalue weighted by Crippen LogP contribution is -2.53. The average molecular weight is 637 g/mol. The molecular formula is C32H36N4O6S2. The van der Waals surface area contributed by atoms with E-state index in [1.807, 2.05) is 50.2 Å². The summed E-state index contributed by atoms with van der Waals surface area (Å²) in [6.45, 7) is 3.89. The van der Waals surface area contributed by atoms with Gasteiger partial charge in [0, 0.05) is 18.8 Å². The molecule has 4 aromatic rings. The molecule has 1 fully saturated rings. The van der Waals surface area contributed by atoms with Crippen LogP contribution in [0.5, 0.6) is 0 Å². The summed E-state index contributed by atoms with van der Waals surface area (Å²) in [5.41, 5.74) is 3.83. The molecule has 44 heavy (non-hydrogen) atoms. The van der Waals surface area contributed by atoms with E-state index in [9.17, 15) is 23.1 Å². The van der Waals surface area contributed by atoms with Gasteiger partial charge >= 0.3 is 6.09 Å². The van der Waals surface area contributed by atoms with Crippen molar-refractivity contribution >= 4 is 49.3 Å². The third-order valence-electron chi connectivity index (χ3n) is 7.81. The van der Waals surface area contributed by atoms with Gasteiger partial charge < -0.3 is 15.2 Å². The third-order valence-corrected chi connectivity index (χ3v) is 10.4. The van der Waals surface area contributed by atoms with E-state index in [1.165, 1.54) is 26.6 Å². The summed E-state index contributed by atoms with van der Waals surface area (Å²) < 4.78 is 35.3. The van der Waals surface area contributed by atoms with Gasteiger partial charge in [0.1, 0.15) is 0 Å². The third kappa shape index (κ3) is 7.27. The molecule has 0 spiro atoms. The van der Waals surface area contributed by atoms with Crippen LogP contribution in [0.2, 0.25) is 0 Å². The molecule has 0 radical (unpaired) electrons. The fourth-order valence-corrected chi connectivity index (χ4v) is 7.47. The van der Waals surface area contributed by atoms with Gasteiger partial charge in [-0.25, -0.2) is 18.2 Å². The molecule has 0 unspecified atom stereocenters. The molecule has 3 aromatic carbocycles. The zero-order valence-corrected chi connectivity index (χ0v) is 26.2. The van der Waals surface area contributed by atoms with Gasteiger partial charge in [-0.3, -0.25) is 9.69 Å². The van der Waals surface area contributed by atoms with Crippen molar-refractivity contribution in [3.05, 3.63) is 89.9 Å². The highest BCUT2D eigenvalue weighted by molar-refractivity contribution is 7.89. The molecule has 1 saturated heterocycles. The maximum Gasteiger partial charge on any atom is 0.415 e. The Morgan fingerprint density at radius 2 is 1.82 bits per heavy atom. The molecule has 0 saturated carbocycles. The first-order chi connectivity index (χ1) is 21.2. The van der Waals surface area contributed by atoms with Gasteiger partial charge in [0.2, 0.25) is 10.0 Å². The molecule has 232 valence electrons. The van der Waals surface area contributed by atoms with Crippen LogP contribution in [0.1, 0.15) is 25.8 Å². The maximum absolute atomic E-state index is 14.0. The van der Waals surface area contributed by atoms with Crippen LogP contribution in [-0.4, -0.2) is 72.7 Å². The minimum atomic E-state index is -4.00. The number of aromatic nitrogens is 1. The quantitative estimate of drug-likeness (QED) is 0.222. The van der Waals surface area contributed by atoms with Crippen molar-refractivity contribution in [2.45, 2.75) is 49.8 Å². The van der Waals surface area contributed by atoms with E-state index < -0.39 is 40.3 Å². The fraction of sp³-hybridized carbons (Fsp3) is 0.344. The molecule has 2 amide bonds. The number of benzene rings is 3. The Balaban J connectivity index is 1.38. The van der Waals surface area contributed by atoms with Crippen LogP contribution in [0.4, 0.5) is 10.5 Å². The second kappa shape index (κ2) is 13.9. The Labute approximate surface area is 261 Å². The van der Waals surface area contributed by atoms with Crippen molar-refractivity contribution in [2.24, 2.45) is 5.92 Å². The zero-order chi connectivity index (χ0) is 31.3. The van der Waals surface area contributed by atoms with Crippen molar-refractivity contribution in [1.82, 2.24) is 14.6 Å². The number of amides is 2. The number of hydrogen-bond donors (Lipinski definition) is 2. The number of rotatable bonds is 13. The smallest absolute Gasteiger partial charge is 0.415 e. The van der Waals surface area contributed by atoms with Gasteiger partial charge in [-0.2, -0.15) is 4.31 Å². The molecule has 0 aliphatic carbocycles. The molecule has 4 atom stereocenters. The molecule has 2 N–H and O–H groups in total. The number of carbonyl (C=O) groups is 2. The Hall–Kier alpha value is -3.84. The Morgan fingerprint density at radius 3 is 2.52 bits per heavy atom. The van der Waals surface area contributed by atoms with E-state index in [1.54, 1.807) is 41.9 Å². The van der Waals surface area contributed by atoms with Crippen molar-refractivity contribution in [2.75, 3.05) is 24.5 Å². The lowest BCUT2D eigenvalue weighted by molar-refractivity contribution is -0.129. The van der Waals surface area contributed by atoms with Crippen LogP contribution in [0.3, 0.4) is 0 Å². The van der Waals surface area contributed by atoms with E-state index in [-0.39, 0.29) is 36.9 Å². The number of cyclic esters (lactones) is 1. The summed E-state index contributed by atoms with van der Waals surface area (Å²) in [5, 5.41) is 14.5. The van der Waals surface area contributed by atoms with Gasteiger partial charge in [-0.15, -0.1) is 11.3 Å². The fourth-order valence-electron chi connectivity index (χ4n) is 5.07. The highest BCUT2D eigenvalue weighted by Crippen LogP contribution is 2.26. The summed E-state index contributed by atoms with van der Waals surface area (Å²) >= 11 is 1.36. The van der Waals surface area contributed by atoms with Gasteiger partial charge in [0.15, 0.2) is 6.10 Å². The number of carbonyl (C=O) groups excluding carboxylic acids is 2. The molecule has 2 heterocycles. The van der Waals surface area contributed by atoms with E-state index in [0.29, 0.717) is 11.2 Å². The van der Waals surface area contributed by atoms with Crippen molar-refractivity contribution in [3.8, 4) is 0 Å². The number of sulfonamides is 1. The summed E-state index contributed by atoms with van der Waals surface area (Å²) in [7, 11) is -4.00. The van der Waals surface area contributed by atoms with Gasteiger partial charge in [-0.1, -0.05) is 68.8 Å². The molecule has 12 heteroatoms. The summed E-state index contributed by atoms with van der Waals surface area (Å²) in [4.78, 5) is 31.8. The molecule has 0 bridgehead atoms. The molecule has 1 aliphatic heterocycles. The van der Waals surface area contributed by atoms with Gasteiger partial charge in [0.25, 0.3) is 5.91 Å². The first-order valence-electron chi connectivity index (χ1n) is 14.5. The molecular weight excluding hydrogens is 601 g/mol. The first kappa shape index (κ1) is 31.6. The second-order valence-corrected chi connectivity index (χ2v) is 13.8. The van der Waals surface area contributed by atoms with Crippen LogP contribution >= 0.6 is 11.3 Å². The predicted molar refractivity (Wildman–Crippen MR) is 170 cm³/mol. The number of thiazole rings is 1. The van der Waals surface area contributed by atoms with Crippen LogP contribution in [0.15, 0.2) is 89.3 Å². The summed E-state index contributed by atoms with van der Waals surface area (Å²) in [6.07, 6.45) is -2.03. The number of para-hydroxylation sites is 1. The van der Waals surface area contributed by atoms with Gasteiger partial charge in [0.05, 0.1) is 39.3 Å². The highest BCUT2D eigenvalue weighted by Gasteiger charge is 2.39. The molecule has 1 aromatic heterocycles. The predicted octanol–water partition coefficient (Wildman–Crippen LogP) is 4.45. The molecule has 1 aliphatic rings. The number of ether oxygens (including phenoxy) is 1. The number of hydrogen-bond acceptors (Lipinski definition) is 8. The lowest BCUT2D eigenvalue weighted by Gasteiger charge is -2.31. The number of anilines is 1. The van der Waals surface area contributed by atoms with Crippen LogP contribution < -0.4 is 10.2 Å². The highest BCUT2D eigenvalue weighted by atomic mass is 32.2. The van der Waals surface area contributed by atoms with Crippen molar-refractivity contribution in [3.63, 3.8) is 0 Å². The van der Waals surface area contributed by atoms with Crippen LogP contribution in [-0.2, 0) is 26.0 Å². The van der Waals surface area contributed by atoms with Gasteiger partial charge in [-0.05, 0) is 48.2 Å². The first-order valence-corrected chi connectivity index (χ1v) is 16.9. The summed E-state index contributed by atoms with van der Waals surface area (Å²) in [6, 6.07) is 22.2. The minimum Gasteiger partial charge on any atom is -0.434 e. The SMILES string of the molecule is CC[C@H](C)CN(C[C@@H](O)[C@H](Cc1ccccc1)NC(=O)[C@@H]1CN(c2ccccc2)C(=O)O1)S(=O)(=O)c1ccc2ncsc2c1. The largest absolute Gasteiger partial charge is 0.434 e. The number of nitrogens with zero attached hydrogens (tertiary/aromatic N) is 3. The lowest BCUT2D eigenvalue weighted by atomic mass is 10.0. The monoisotopic (exact) mass is 636 g/mol. The van der Waals surface area contributed by atoms with E-state index in [0.717, 1.165) is 16.7 Å². The van der Waals surface area contributed by atoms with Crippen molar-refractivity contribution < 1.29 is 27.9 Å². The standard InChI is InChI=1S/C32H36N4O6S2/c1-3-22(2)18-35(44(40,41)25-14-15-26-30(17-25)43-21-33-26)19-28(37)27(16-23-10-6-4-7-11-23)34-31(38)29-20-36(32(39)42-29)24-12-8-5-9-13-24/h4-15,17,21-22,27-29,37H,3,16,18-20H2,1-2H3,(H,34,38)/t22-,27-,28+,29-/m0/s1. The summed E-state index contributed by atoms with van der Waals surface area (Å²) in [5.74, 6) is -0.545. The second-order valence-electron chi connectivity index (χ2n) is 11.0. The van der Waals surface area contributed by atoms with Crippen LogP contribution in [0, 0.1) is 5.92 Å². The minimum absolute atomic E-state index is 0.0113. The number of fused-ring (bicyclic) bond motifs is 1. The van der Waals surface area contributed by atoms with E-state index in [2.05, 4.69) is 10.3 Å². The number of aliphatic hydroxyl groups is 1.